The van der Waals surface area contributed by atoms with Gasteiger partial charge in [-0.2, -0.15) is 9.97 Å². The van der Waals surface area contributed by atoms with Crippen LogP contribution >= 0.6 is 0 Å². The van der Waals surface area contributed by atoms with Crippen LogP contribution in [0.2, 0.25) is 0 Å². The summed E-state index contributed by atoms with van der Waals surface area (Å²) in [7, 11) is 0. The van der Waals surface area contributed by atoms with E-state index in [1.165, 1.54) is 21.7 Å². The molecule has 0 N–H and O–H groups in total. The molecule has 0 saturated heterocycles. The van der Waals surface area contributed by atoms with Crippen LogP contribution in [0.1, 0.15) is 0 Å². The maximum atomic E-state index is 5.30. The Morgan fingerprint density at radius 3 is 1.56 bits per heavy atom. The predicted molar refractivity (Wildman–Crippen MR) is 222 cm³/mol. The minimum atomic E-state index is 0.575. The van der Waals surface area contributed by atoms with Gasteiger partial charge in [-0.15, -0.1) is 0 Å². The van der Waals surface area contributed by atoms with E-state index in [1.54, 1.807) is 0 Å². The molecule has 0 amide bonds. The molecular formula is C49H31N5. The molecule has 3 heterocycles. The molecule has 0 bridgehead atoms. The monoisotopic (exact) mass is 689 g/mol. The molecule has 11 aromatic rings. The summed E-state index contributed by atoms with van der Waals surface area (Å²) in [6.45, 7) is 0. The van der Waals surface area contributed by atoms with Crippen molar-refractivity contribution < 1.29 is 0 Å². The fourth-order valence-electron chi connectivity index (χ4n) is 8.02. The Kier molecular flexibility index (Phi) is 6.79. The number of hydrogen-bond donors (Lipinski definition) is 0. The summed E-state index contributed by atoms with van der Waals surface area (Å²) in [6.07, 6.45) is 0. The number of benzene rings is 8. The van der Waals surface area contributed by atoms with E-state index in [4.69, 9.17) is 15.0 Å². The number of para-hydroxylation sites is 3. The minimum absolute atomic E-state index is 0.575. The van der Waals surface area contributed by atoms with Gasteiger partial charge in [-0.1, -0.05) is 140 Å². The van der Waals surface area contributed by atoms with Gasteiger partial charge in [0, 0.05) is 38.4 Å². The molecule has 0 atom stereocenters. The first kappa shape index (κ1) is 30.3. The smallest absolute Gasteiger partial charge is 0.238 e. The molecule has 11 rings (SSSR count). The molecule has 54 heavy (non-hydrogen) atoms. The lowest BCUT2D eigenvalue weighted by atomic mass is 10.0. The first-order valence-corrected chi connectivity index (χ1v) is 18.2. The van der Waals surface area contributed by atoms with Crippen LogP contribution in [-0.4, -0.2) is 24.1 Å². The van der Waals surface area contributed by atoms with Gasteiger partial charge < -0.3 is 4.57 Å². The van der Waals surface area contributed by atoms with Crippen molar-refractivity contribution in [1.82, 2.24) is 24.1 Å². The zero-order chi connectivity index (χ0) is 35.6. The van der Waals surface area contributed by atoms with E-state index >= 15 is 0 Å². The minimum Gasteiger partial charge on any atom is -0.309 e. The van der Waals surface area contributed by atoms with Crippen molar-refractivity contribution in [2.75, 3.05) is 0 Å². The second kappa shape index (κ2) is 12.1. The van der Waals surface area contributed by atoms with E-state index in [0.717, 1.165) is 60.6 Å². The lowest BCUT2D eigenvalue weighted by molar-refractivity contribution is 0.954. The third-order valence-electron chi connectivity index (χ3n) is 10.5. The van der Waals surface area contributed by atoms with Crippen molar-refractivity contribution in [2.45, 2.75) is 0 Å². The fraction of sp³-hybridized carbons (Fsp3) is 0. The van der Waals surface area contributed by atoms with E-state index < -0.39 is 0 Å². The number of nitrogens with zero attached hydrogens (tertiary/aromatic N) is 5. The van der Waals surface area contributed by atoms with Gasteiger partial charge in [0.25, 0.3) is 0 Å². The number of aromatic nitrogens is 5. The van der Waals surface area contributed by atoms with E-state index in [2.05, 4.69) is 191 Å². The van der Waals surface area contributed by atoms with Crippen LogP contribution in [0.15, 0.2) is 188 Å². The molecule has 0 aliphatic carbocycles. The topological polar surface area (TPSA) is 48.5 Å². The number of rotatable bonds is 5. The number of fused-ring (bicyclic) bond motifs is 7. The molecule has 5 nitrogen and oxygen atoms in total. The average molecular weight is 690 g/mol. The van der Waals surface area contributed by atoms with Gasteiger partial charge in [-0.3, -0.25) is 4.57 Å². The van der Waals surface area contributed by atoms with Gasteiger partial charge in [-0.25, -0.2) is 4.98 Å². The van der Waals surface area contributed by atoms with Crippen molar-refractivity contribution in [3.8, 4) is 45.5 Å². The Balaban J connectivity index is 1.21. The van der Waals surface area contributed by atoms with Gasteiger partial charge in [0.05, 0.1) is 22.1 Å². The second-order valence-electron chi connectivity index (χ2n) is 13.7. The average Bonchev–Trinajstić information content (AvgIpc) is 3.75. The van der Waals surface area contributed by atoms with Crippen LogP contribution in [0.4, 0.5) is 0 Å². The van der Waals surface area contributed by atoms with Crippen LogP contribution in [-0.2, 0) is 0 Å². The molecule has 0 unspecified atom stereocenters. The Morgan fingerprint density at radius 1 is 0.296 bits per heavy atom. The molecule has 8 aromatic carbocycles. The summed E-state index contributed by atoms with van der Waals surface area (Å²) < 4.78 is 4.59. The van der Waals surface area contributed by atoms with E-state index in [9.17, 15) is 0 Å². The van der Waals surface area contributed by atoms with Gasteiger partial charge >= 0.3 is 0 Å². The zero-order valence-electron chi connectivity index (χ0n) is 29.1. The van der Waals surface area contributed by atoms with Crippen LogP contribution in [0.3, 0.4) is 0 Å². The molecule has 0 aliphatic heterocycles. The SMILES string of the molecule is c1ccc(-c2cccc(-c3nc(-c4ccc5ccccc5c4)nc(-n4c5ccccc5c5cc6c(cc54)c4ccccc4n6-c4ccccc4)n3)c2)cc1. The summed E-state index contributed by atoms with van der Waals surface area (Å²) in [4.78, 5) is 15.8. The van der Waals surface area contributed by atoms with Gasteiger partial charge in [0.2, 0.25) is 5.95 Å². The Labute approximate surface area is 311 Å². The van der Waals surface area contributed by atoms with Crippen LogP contribution in [0.5, 0.6) is 0 Å². The second-order valence-corrected chi connectivity index (χ2v) is 13.7. The quantitative estimate of drug-likeness (QED) is 0.181. The highest BCUT2D eigenvalue weighted by Crippen LogP contribution is 2.39. The van der Waals surface area contributed by atoms with Crippen molar-refractivity contribution in [2.24, 2.45) is 0 Å². The normalized spacial score (nSPS) is 11.7. The predicted octanol–water partition coefficient (Wildman–Crippen LogP) is 12.2. The van der Waals surface area contributed by atoms with Crippen LogP contribution in [0.25, 0.3) is 99.9 Å². The van der Waals surface area contributed by atoms with Crippen LogP contribution < -0.4 is 0 Å². The maximum absolute atomic E-state index is 5.30. The van der Waals surface area contributed by atoms with Crippen LogP contribution in [0, 0.1) is 0 Å². The third kappa shape index (κ3) is 4.83. The van der Waals surface area contributed by atoms with Crippen molar-refractivity contribution in [3.63, 3.8) is 0 Å². The zero-order valence-corrected chi connectivity index (χ0v) is 29.1. The highest BCUT2D eigenvalue weighted by molar-refractivity contribution is 6.19. The van der Waals surface area contributed by atoms with Gasteiger partial charge in [0.15, 0.2) is 11.6 Å². The molecule has 0 saturated carbocycles. The van der Waals surface area contributed by atoms with Crippen molar-refractivity contribution >= 4 is 54.4 Å². The first-order chi connectivity index (χ1) is 26.8. The summed E-state index contributed by atoms with van der Waals surface area (Å²) in [5.41, 5.74) is 9.65. The third-order valence-corrected chi connectivity index (χ3v) is 10.5. The Bertz CT molecular complexity index is 3210. The Morgan fingerprint density at radius 2 is 0.833 bits per heavy atom. The molecule has 3 aromatic heterocycles. The largest absolute Gasteiger partial charge is 0.309 e. The summed E-state index contributed by atoms with van der Waals surface area (Å²) in [6, 6.07) is 66.2. The van der Waals surface area contributed by atoms with Gasteiger partial charge in [0.1, 0.15) is 0 Å². The molecule has 5 heteroatoms. The molecule has 252 valence electrons. The molecule has 0 aliphatic rings. The maximum Gasteiger partial charge on any atom is 0.238 e. The highest BCUT2D eigenvalue weighted by Gasteiger charge is 2.21. The molecular weight excluding hydrogens is 659 g/mol. The first-order valence-electron chi connectivity index (χ1n) is 18.2. The highest BCUT2D eigenvalue weighted by atomic mass is 15.2. The van der Waals surface area contributed by atoms with Crippen molar-refractivity contribution in [3.05, 3.63) is 188 Å². The van der Waals surface area contributed by atoms with E-state index in [0.29, 0.717) is 17.6 Å². The Hall–Kier alpha value is -7.37. The molecule has 0 spiro atoms. The number of hydrogen-bond acceptors (Lipinski definition) is 3. The van der Waals surface area contributed by atoms with Gasteiger partial charge in [-0.05, 0) is 70.4 Å². The fourth-order valence-corrected chi connectivity index (χ4v) is 8.02. The lowest BCUT2D eigenvalue weighted by Gasteiger charge is -2.12. The molecule has 0 radical (unpaired) electrons. The standard InChI is InChI=1S/C49H31N5/c1-3-14-32(15-4-1)35-18-13-19-36(28-35)47-50-48(37-27-26-33-16-7-8-17-34(33)29-37)52-49(51-47)54-44-25-12-10-23-40(44)42-30-45-41(31-46(42)54)39-22-9-11-24-43(39)53(45)38-20-5-2-6-21-38/h1-31H. The summed E-state index contributed by atoms with van der Waals surface area (Å²) >= 11 is 0. The van der Waals surface area contributed by atoms with E-state index in [1.807, 2.05) is 6.07 Å². The molecule has 0 fully saturated rings. The summed E-state index contributed by atoms with van der Waals surface area (Å²) in [5, 5.41) is 6.95. The summed E-state index contributed by atoms with van der Waals surface area (Å²) in [5.74, 6) is 1.82. The van der Waals surface area contributed by atoms with Crippen molar-refractivity contribution in [1.29, 1.82) is 0 Å². The van der Waals surface area contributed by atoms with E-state index in [-0.39, 0.29) is 0 Å². The lowest BCUT2D eigenvalue weighted by Crippen LogP contribution is -2.06.